The summed E-state index contributed by atoms with van der Waals surface area (Å²) < 4.78 is 15.0. The molecule has 2 aromatic carbocycles. The Morgan fingerprint density at radius 2 is 1.68 bits per heavy atom. The lowest BCUT2D eigenvalue weighted by molar-refractivity contribution is 0.0956. The van der Waals surface area contributed by atoms with Gasteiger partial charge in [-0.2, -0.15) is 0 Å². The van der Waals surface area contributed by atoms with Crippen molar-refractivity contribution in [1.82, 2.24) is 15.3 Å². The Bertz CT molecular complexity index is 1090. The van der Waals surface area contributed by atoms with Gasteiger partial charge in [0, 0.05) is 12.1 Å². The first-order chi connectivity index (χ1) is 12.1. The number of thiazole rings is 2. The topological polar surface area (TPSA) is 66.9 Å². The predicted molar refractivity (Wildman–Crippen MR) is 100 cm³/mol. The molecule has 0 atom stereocenters. The lowest BCUT2D eigenvalue weighted by Crippen LogP contribution is -2.22. The smallest absolute Gasteiger partial charge is 0.251 e. The summed E-state index contributed by atoms with van der Waals surface area (Å²) in [6.45, 7) is 2.47. The summed E-state index contributed by atoms with van der Waals surface area (Å²) in [5, 5.41) is 7.29. The SMILES string of the molecule is CCNC(=O)c1ccc2nc(Nc3nc4ccc(F)cc4s3)sc2c1. The molecule has 4 aromatic rings. The third kappa shape index (κ3) is 3.18. The van der Waals surface area contributed by atoms with Crippen LogP contribution in [0.25, 0.3) is 20.4 Å². The van der Waals surface area contributed by atoms with Crippen molar-refractivity contribution in [2.24, 2.45) is 0 Å². The normalized spacial score (nSPS) is 11.1. The molecule has 0 bridgehead atoms. The zero-order valence-corrected chi connectivity index (χ0v) is 14.8. The fourth-order valence-electron chi connectivity index (χ4n) is 2.43. The first kappa shape index (κ1) is 15.9. The number of rotatable bonds is 4. The van der Waals surface area contributed by atoms with Crippen molar-refractivity contribution in [3.63, 3.8) is 0 Å². The summed E-state index contributed by atoms with van der Waals surface area (Å²) in [5.41, 5.74) is 2.17. The molecule has 5 nitrogen and oxygen atoms in total. The van der Waals surface area contributed by atoms with Gasteiger partial charge in [0.15, 0.2) is 10.3 Å². The van der Waals surface area contributed by atoms with E-state index < -0.39 is 0 Å². The van der Waals surface area contributed by atoms with Gasteiger partial charge in [0.05, 0.1) is 20.4 Å². The summed E-state index contributed by atoms with van der Waals surface area (Å²) in [4.78, 5) is 20.9. The minimum atomic E-state index is -0.277. The van der Waals surface area contributed by atoms with Crippen molar-refractivity contribution >= 4 is 59.3 Å². The lowest BCUT2D eigenvalue weighted by atomic mass is 10.2. The number of halogens is 1. The molecule has 0 radical (unpaired) electrons. The van der Waals surface area contributed by atoms with Crippen LogP contribution in [0.2, 0.25) is 0 Å². The molecule has 2 aromatic heterocycles. The third-order valence-electron chi connectivity index (χ3n) is 3.55. The average molecular weight is 372 g/mol. The third-order valence-corrected chi connectivity index (χ3v) is 5.42. The largest absolute Gasteiger partial charge is 0.352 e. The van der Waals surface area contributed by atoms with E-state index in [2.05, 4.69) is 20.6 Å². The number of aromatic nitrogens is 2. The molecule has 126 valence electrons. The highest BCUT2D eigenvalue weighted by Crippen LogP contribution is 2.32. The van der Waals surface area contributed by atoms with Crippen LogP contribution in [-0.2, 0) is 0 Å². The van der Waals surface area contributed by atoms with Crippen LogP contribution >= 0.6 is 22.7 Å². The standard InChI is InChI=1S/C17H13FN4OS2/c1-2-19-15(23)9-3-5-11-13(7-9)24-16(20-11)22-17-21-12-6-4-10(18)8-14(12)25-17/h3-8H,2H2,1H3,(H,19,23)(H,20,21,22). The molecular formula is C17H13FN4OS2. The van der Waals surface area contributed by atoms with E-state index in [1.54, 1.807) is 12.1 Å². The molecule has 0 unspecified atom stereocenters. The van der Waals surface area contributed by atoms with Gasteiger partial charge in [-0.05, 0) is 43.3 Å². The van der Waals surface area contributed by atoms with E-state index in [9.17, 15) is 9.18 Å². The average Bonchev–Trinajstić information content (AvgIpc) is 3.16. The number of nitrogens with zero attached hydrogens (tertiary/aromatic N) is 2. The number of fused-ring (bicyclic) bond motifs is 2. The van der Waals surface area contributed by atoms with E-state index in [1.165, 1.54) is 34.8 Å². The van der Waals surface area contributed by atoms with Crippen LogP contribution in [0.3, 0.4) is 0 Å². The monoisotopic (exact) mass is 372 g/mol. The molecule has 4 rings (SSSR count). The highest BCUT2D eigenvalue weighted by molar-refractivity contribution is 7.24. The van der Waals surface area contributed by atoms with Crippen molar-refractivity contribution in [3.05, 3.63) is 47.8 Å². The van der Waals surface area contributed by atoms with Gasteiger partial charge in [0.2, 0.25) is 0 Å². The fraction of sp³-hybridized carbons (Fsp3) is 0.118. The van der Waals surface area contributed by atoms with Gasteiger partial charge < -0.3 is 10.6 Å². The second-order valence-corrected chi connectivity index (χ2v) is 7.38. The number of carbonyl (C=O) groups is 1. The number of hydrogen-bond donors (Lipinski definition) is 2. The first-order valence-corrected chi connectivity index (χ1v) is 9.27. The molecule has 8 heteroatoms. The molecule has 0 aliphatic rings. The Labute approximate surface area is 150 Å². The van der Waals surface area contributed by atoms with Gasteiger partial charge in [-0.1, -0.05) is 22.7 Å². The summed E-state index contributed by atoms with van der Waals surface area (Å²) in [6.07, 6.45) is 0. The van der Waals surface area contributed by atoms with Crippen LogP contribution in [0.4, 0.5) is 14.7 Å². The summed E-state index contributed by atoms with van der Waals surface area (Å²) in [6, 6.07) is 9.94. The Balaban J connectivity index is 1.63. The van der Waals surface area contributed by atoms with Crippen LogP contribution < -0.4 is 10.6 Å². The van der Waals surface area contributed by atoms with Crippen molar-refractivity contribution in [2.45, 2.75) is 6.92 Å². The second-order valence-electron chi connectivity index (χ2n) is 5.32. The molecule has 25 heavy (non-hydrogen) atoms. The molecule has 0 saturated carbocycles. The first-order valence-electron chi connectivity index (χ1n) is 7.64. The Hall–Kier alpha value is -2.58. The van der Waals surface area contributed by atoms with E-state index in [0.717, 1.165) is 20.4 Å². The van der Waals surface area contributed by atoms with Crippen LogP contribution in [0.1, 0.15) is 17.3 Å². The molecular weight excluding hydrogens is 359 g/mol. The van der Waals surface area contributed by atoms with E-state index in [4.69, 9.17) is 0 Å². The molecule has 1 amide bonds. The van der Waals surface area contributed by atoms with E-state index in [0.29, 0.717) is 22.4 Å². The highest BCUT2D eigenvalue weighted by Gasteiger charge is 2.11. The maximum absolute atomic E-state index is 13.3. The quantitative estimate of drug-likeness (QED) is 0.552. The van der Waals surface area contributed by atoms with E-state index in [1.807, 2.05) is 19.1 Å². The summed E-state index contributed by atoms with van der Waals surface area (Å²) in [7, 11) is 0. The lowest BCUT2D eigenvalue weighted by Gasteiger charge is -2.00. The Kier molecular flexibility index (Phi) is 4.06. The van der Waals surface area contributed by atoms with Crippen LogP contribution in [0, 0.1) is 5.82 Å². The summed E-state index contributed by atoms with van der Waals surface area (Å²) in [5.74, 6) is -0.374. The summed E-state index contributed by atoms with van der Waals surface area (Å²) >= 11 is 2.82. The van der Waals surface area contributed by atoms with Gasteiger partial charge in [-0.15, -0.1) is 0 Å². The van der Waals surface area contributed by atoms with Gasteiger partial charge >= 0.3 is 0 Å². The number of carbonyl (C=O) groups excluding carboxylic acids is 1. The van der Waals surface area contributed by atoms with Gasteiger partial charge in [0.1, 0.15) is 5.82 Å². The van der Waals surface area contributed by atoms with E-state index >= 15 is 0 Å². The van der Waals surface area contributed by atoms with Gasteiger partial charge in [0.25, 0.3) is 5.91 Å². The number of hydrogen-bond acceptors (Lipinski definition) is 6. The van der Waals surface area contributed by atoms with Gasteiger partial charge in [-0.25, -0.2) is 14.4 Å². The van der Waals surface area contributed by atoms with Crippen molar-refractivity contribution in [3.8, 4) is 0 Å². The molecule has 0 spiro atoms. The Morgan fingerprint density at radius 3 is 2.36 bits per heavy atom. The van der Waals surface area contributed by atoms with Crippen molar-refractivity contribution < 1.29 is 9.18 Å². The molecule has 0 aliphatic carbocycles. The molecule has 0 saturated heterocycles. The fourth-order valence-corrected chi connectivity index (χ4v) is 4.28. The zero-order valence-electron chi connectivity index (χ0n) is 13.2. The molecule has 2 N–H and O–H groups in total. The highest BCUT2D eigenvalue weighted by atomic mass is 32.1. The van der Waals surface area contributed by atoms with E-state index in [-0.39, 0.29) is 11.7 Å². The van der Waals surface area contributed by atoms with Crippen molar-refractivity contribution in [2.75, 3.05) is 11.9 Å². The number of benzene rings is 2. The number of amides is 1. The second kappa shape index (κ2) is 6.38. The maximum Gasteiger partial charge on any atom is 0.251 e. The van der Waals surface area contributed by atoms with Crippen LogP contribution in [0.5, 0.6) is 0 Å². The zero-order chi connectivity index (χ0) is 17.4. The number of anilines is 2. The minimum absolute atomic E-state index is 0.0968. The minimum Gasteiger partial charge on any atom is -0.352 e. The number of nitrogens with one attached hydrogen (secondary N) is 2. The van der Waals surface area contributed by atoms with Gasteiger partial charge in [-0.3, -0.25) is 4.79 Å². The molecule has 0 fully saturated rings. The van der Waals surface area contributed by atoms with Crippen LogP contribution in [0.15, 0.2) is 36.4 Å². The molecule has 2 heterocycles. The molecule has 0 aliphatic heterocycles. The Morgan fingerprint density at radius 1 is 1.04 bits per heavy atom. The van der Waals surface area contributed by atoms with Crippen molar-refractivity contribution in [1.29, 1.82) is 0 Å². The maximum atomic E-state index is 13.3. The predicted octanol–water partition coefficient (Wildman–Crippen LogP) is 4.54. The van der Waals surface area contributed by atoms with Crippen LogP contribution in [-0.4, -0.2) is 22.4 Å².